The van der Waals surface area contributed by atoms with Gasteiger partial charge in [-0.25, -0.2) is 9.97 Å². The van der Waals surface area contributed by atoms with Gasteiger partial charge in [0, 0.05) is 35.6 Å². The molecule has 0 radical (unpaired) electrons. The molecule has 0 aromatic carbocycles. The average molecular weight is 318 g/mol. The molecule has 5 heteroatoms. The lowest BCUT2D eigenvalue weighted by Crippen LogP contribution is -2.44. The molecule has 1 aromatic heterocycles. The Labute approximate surface area is 104 Å². The van der Waals surface area contributed by atoms with Crippen LogP contribution in [-0.2, 0) is 0 Å². The van der Waals surface area contributed by atoms with Crippen LogP contribution in [0.3, 0.4) is 0 Å². The van der Waals surface area contributed by atoms with Gasteiger partial charge in [-0.2, -0.15) is 0 Å². The fourth-order valence-corrected chi connectivity index (χ4v) is 2.09. The van der Waals surface area contributed by atoms with Crippen LogP contribution in [0.25, 0.3) is 0 Å². The molecule has 0 saturated carbocycles. The van der Waals surface area contributed by atoms with Gasteiger partial charge in [-0.1, -0.05) is 0 Å². The van der Waals surface area contributed by atoms with Crippen molar-refractivity contribution in [2.24, 2.45) is 0 Å². The van der Waals surface area contributed by atoms with Crippen molar-refractivity contribution in [2.45, 2.75) is 18.9 Å². The lowest BCUT2D eigenvalue weighted by atomic mass is 10.1. The van der Waals surface area contributed by atoms with Crippen LogP contribution in [0.15, 0.2) is 12.4 Å². The normalized spacial score (nSPS) is 21.3. The first kappa shape index (κ1) is 11.1. The second-order valence-electron chi connectivity index (χ2n) is 3.81. The van der Waals surface area contributed by atoms with Crippen molar-refractivity contribution in [3.8, 4) is 0 Å². The summed E-state index contributed by atoms with van der Waals surface area (Å²) in [4.78, 5) is 10.8. The summed E-state index contributed by atoms with van der Waals surface area (Å²) in [5, 5.41) is 3.40. The SMILES string of the molecule is CN(c1ncc(I)cn1)C1CCCNC1. The highest BCUT2D eigenvalue weighted by Gasteiger charge is 2.19. The summed E-state index contributed by atoms with van der Waals surface area (Å²) in [6.07, 6.45) is 6.17. The highest BCUT2D eigenvalue weighted by Crippen LogP contribution is 2.14. The predicted molar refractivity (Wildman–Crippen MR) is 69.0 cm³/mol. The maximum Gasteiger partial charge on any atom is 0.225 e. The molecular weight excluding hydrogens is 303 g/mol. The van der Waals surface area contributed by atoms with Crippen LogP contribution in [0.4, 0.5) is 5.95 Å². The van der Waals surface area contributed by atoms with Gasteiger partial charge in [0.05, 0.1) is 0 Å². The lowest BCUT2D eigenvalue weighted by Gasteiger charge is -2.31. The van der Waals surface area contributed by atoms with Crippen LogP contribution in [0.1, 0.15) is 12.8 Å². The topological polar surface area (TPSA) is 41.1 Å². The van der Waals surface area contributed by atoms with Crippen molar-refractivity contribution < 1.29 is 0 Å². The molecular formula is C10H15IN4. The van der Waals surface area contributed by atoms with Gasteiger partial charge in [-0.15, -0.1) is 0 Å². The molecule has 1 saturated heterocycles. The van der Waals surface area contributed by atoms with Crippen molar-refractivity contribution in [1.29, 1.82) is 0 Å². The summed E-state index contributed by atoms with van der Waals surface area (Å²) in [7, 11) is 2.07. The lowest BCUT2D eigenvalue weighted by molar-refractivity contribution is 0.441. The number of halogens is 1. The third kappa shape index (κ3) is 2.78. The Morgan fingerprint density at radius 3 is 2.80 bits per heavy atom. The molecule has 2 rings (SSSR count). The van der Waals surface area contributed by atoms with E-state index in [1.54, 1.807) is 0 Å². The molecule has 82 valence electrons. The van der Waals surface area contributed by atoms with E-state index in [-0.39, 0.29) is 0 Å². The molecule has 0 bridgehead atoms. The summed E-state index contributed by atoms with van der Waals surface area (Å²) in [6, 6.07) is 0.527. The number of nitrogens with zero attached hydrogens (tertiary/aromatic N) is 3. The molecule has 2 heterocycles. The van der Waals surface area contributed by atoms with Crippen LogP contribution in [-0.4, -0.2) is 36.1 Å². The van der Waals surface area contributed by atoms with Crippen LogP contribution in [0, 0.1) is 3.57 Å². The predicted octanol–water partition coefficient (Wildman–Crippen LogP) is 1.27. The van der Waals surface area contributed by atoms with Crippen LogP contribution in [0.2, 0.25) is 0 Å². The minimum atomic E-state index is 0.527. The van der Waals surface area contributed by atoms with E-state index in [1.165, 1.54) is 12.8 Å². The Bertz CT molecular complexity index is 308. The molecule has 1 aliphatic heterocycles. The van der Waals surface area contributed by atoms with Gasteiger partial charge in [-0.05, 0) is 42.0 Å². The van der Waals surface area contributed by atoms with E-state index in [0.717, 1.165) is 22.6 Å². The zero-order valence-electron chi connectivity index (χ0n) is 8.78. The second-order valence-corrected chi connectivity index (χ2v) is 5.06. The van der Waals surface area contributed by atoms with E-state index in [1.807, 2.05) is 12.4 Å². The number of rotatable bonds is 2. The summed E-state index contributed by atoms with van der Waals surface area (Å²) >= 11 is 2.22. The highest BCUT2D eigenvalue weighted by atomic mass is 127. The zero-order valence-corrected chi connectivity index (χ0v) is 10.9. The maximum absolute atomic E-state index is 4.33. The van der Waals surface area contributed by atoms with Crippen molar-refractivity contribution >= 4 is 28.5 Å². The van der Waals surface area contributed by atoms with Gasteiger partial charge < -0.3 is 10.2 Å². The zero-order chi connectivity index (χ0) is 10.7. The van der Waals surface area contributed by atoms with Crippen molar-refractivity contribution in [1.82, 2.24) is 15.3 Å². The molecule has 0 spiro atoms. The van der Waals surface area contributed by atoms with Gasteiger partial charge in [0.25, 0.3) is 0 Å². The summed E-state index contributed by atoms with van der Waals surface area (Å²) in [5.74, 6) is 0.823. The number of piperidine rings is 1. The number of aromatic nitrogens is 2. The first-order valence-corrected chi connectivity index (χ1v) is 6.26. The number of likely N-dealkylation sites (N-methyl/N-ethyl adjacent to an activating group) is 1. The van der Waals surface area contributed by atoms with Crippen LogP contribution >= 0.6 is 22.6 Å². The van der Waals surface area contributed by atoms with E-state index in [0.29, 0.717) is 6.04 Å². The molecule has 15 heavy (non-hydrogen) atoms. The molecule has 1 atom stereocenters. The molecule has 1 aromatic rings. The van der Waals surface area contributed by atoms with Crippen LogP contribution in [0.5, 0.6) is 0 Å². The average Bonchev–Trinajstić information content (AvgIpc) is 2.30. The minimum absolute atomic E-state index is 0.527. The summed E-state index contributed by atoms with van der Waals surface area (Å²) in [5.41, 5.74) is 0. The molecule has 1 aliphatic rings. The second kappa shape index (κ2) is 5.07. The van der Waals surface area contributed by atoms with E-state index in [2.05, 4.69) is 49.8 Å². The van der Waals surface area contributed by atoms with Gasteiger partial charge in [0.15, 0.2) is 0 Å². The smallest absolute Gasteiger partial charge is 0.225 e. The molecule has 1 fully saturated rings. The first-order chi connectivity index (χ1) is 7.27. The van der Waals surface area contributed by atoms with E-state index in [4.69, 9.17) is 0 Å². The van der Waals surface area contributed by atoms with Crippen molar-refractivity contribution in [3.63, 3.8) is 0 Å². The first-order valence-electron chi connectivity index (χ1n) is 5.18. The summed E-state index contributed by atoms with van der Waals surface area (Å²) in [6.45, 7) is 2.17. The fraction of sp³-hybridized carbons (Fsp3) is 0.600. The Morgan fingerprint density at radius 1 is 1.47 bits per heavy atom. The maximum atomic E-state index is 4.33. The Hall–Kier alpha value is -0.430. The van der Waals surface area contributed by atoms with Gasteiger partial charge in [0.2, 0.25) is 5.95 Å². The number of anilines is 1. The van der Waals surface area contributed by atoms with E-state index in [9.17, 15) is 0 Å². The van der Waals surface area contributed by atoms with Crippen molar-refractivity contribution in [3.05, 3.63) is 16.0 Å². The Morgan fingerprint density at radius 2 is 2.20 bits per heavy atom. The monoisotopic (exact) mass is 318 g/mol. The quantitative estimate of drug-likeness (QED) is 0.834. The van der Waals surface area contributed by atoms with Crippen molar-refractivity contribution in [2.75, 3.05) is 25.0 Å². The summed E-state index contributed by atoms with van der Waals surface area (Å²) < 4.78 is 1.08. The molecule has 0 amide bonds. The number of nitrogens with one attached hydrogen (secondary N) is 1. The van der Waals surface area contributed by atoms with E-state index < -0.39 is 0 Å². The molecule has 0 aliphatic carbocycles. The van der Waals surface area contributed by atoms with Gasteiger partial charge in [-0.3, -0.25) is 0 Å². The third-order valence-corrected chi connectivity index (χ3v) is 3.30. The standard InChI is InChI=1S/C10H15IN4/c1-15(9-3-2-4-12-7-9)10-13-5-8(11)6-14-10/h5-6,9,12H,2-4,7H2,1H3. The Balaban J connectivity index is 2.05. The minimum Gasteiger partial charge on any atom is -0.340 e. The molecule has 1 unspecified atom stereocenters. The Kier molecular flexibility index (Phi) is 3.74. The largest absolute Gasteiger partial charge is 0.340 e. The number of hydrogen-bond donors (Lipinski definition) is 1. The number of hydrogen-bond acceptors (Lipinski definition) is 4. The fourth-order valence-electron chi connectivity index (χ4n) is 1.81. The molecule has 4 nitrogen and oxygen atoms in total. The highest BCUT2D eigenvalue weighted by molar-refractivity contribution is 14.1. The van der Waals surface area contributed by atoms with Crippen LogP contribution < -0.4 is 10.2 Å². The third-order valence-electron chi connectivity index (χ3n) is 2.74. The van der Waals surface area contributed by atoms with Gasteiger partial charge >= 0.3 is 0 Å². The molecule has 1 N–H and O–H groups in total. The van der Waals surface area contributed by atoms with E-state index >= 15 is 0 Å². The van der Waals surface area contributed by atoms with Gasteiger partial charge in [0.1, 0.15) is 0 Å².